The fourth-order valence-corrected chi connectivity index (χ4v) is 5.84. The number of hydrogen-bond acceptors (Lipinski definition) is 8. The van der Waals surface area contributed by atoms with Crippen LogP contribution in [0.2, 0.25) is 0 Å². The topological polar surface area (TPSA) is 117 Å². The molecule has 0 amide bonds. The minimum Gasteiger partial charge on any atom is -0.457 e. The van der Waals surface area contributed by atoms with Crippen LogP contribution in [-0.4, -0.2) is 44.3 Å². The molecule has 2 aromatic rings. The number of esters is 1. The zero-order chi connectivity index (χ0) is 28.0. The number of hydrogen-bond donors (Lipinski definition) is 3. The third-order valence-corrected chi connectivity index (χ3v) is 8.75. The van der Waals surface area contributed by atoms with Gasteiger partial charge in [0.25, 0.3) is 0 Å². The third kappa shape index (κ3) is 7.17. The second kappa shape index (κ2) is 13.1. The molecule has 0 saturated carbocycles. The lowest BCUT2D eigenvalue weighted by Gasteiger charge is -2.35. The van der Waals surface area contributed by atoms with Gasteiger partial charge < -0.3 is 20.1 Å². The first-order valence-electron chi connectivity index (χ1n) is 13.3. The minimum absolute atomic E-state index is 0.107. The number of cyclic esters (lactones) is 1. The van der Waals surface area contributed by atoms with Crippen molar-refractivity contribution in [3.05, 3.63) is 53.1 Å². The molecule has 0 unspecified atom stereocenters. The zero-order valence-electron chi connectivity index (χ0n) is 22.9. The van der Waals surface area contributed by atoms with Gasteiger partial charge in [0.15, 0.2) is 0 Å². The average molecular weight is 544 g/mol. The average Bonchev–Trinajstić information content (AvgIpc) is 3.30. The Bertz CT molecular complexity index is 1170. The molecule has 0 bridgehead atoms. The molecule has 7 nitrogen and oxygen atoms in total. The molecule has 1 aliphatic heterocycles. The van der Waals surface area contributed by atoms with Crippen molar-refractivity contribution in [1.29, 1.82) is 0 Å². The summed E-state index contributed by atoms with van der Waals surface area (Å²) in [6.07, 6.45) is 3.78. The number of ether oxygens (including phenoxy) is 1. The summed E-state index contributed by atoms with van der Waals surface area (Å²) in [5.74, 6) is -1.71. The Morgan fingerprint density at radius 2 is 2.00 bits per heavy atom. The number of benzene rings is 1. The van der Waals surface area contributed by atoms with Crippen molar-refractivity contribution in [2.24, 2.45) is 17.3 Å². The van der Waals surface area contributed by atoms with Crippen molar-refractivity contribution in [3.63, 3.8) is 0 Å². The second-order valence-corrected chi connectivity index (χ2v) is 12.2. The fourth-order valence-electron chi connectivity index (χ4n) is 5.04. The summed E-state index contributed by atoms with van der Waals surface area (Å²) in [5, 5.41) is 32.1. The summed E-state index contributed by atoms with van der Waals surface area (Å²) in [5.41, 5.74) is 1.39. The predicted octanol–water partition coefficient (Wildman–Crippen LogP) is 5.43. The highest BCUT2D eigenvalue weighted by molar-refractivity contribution is 7.18. The number of aliphatic hydroxyl groups excluding tert-OH is 3. The molecule has 0 aliphatic carbocycles. The first-order valence-corrected chi connectivity index (χ1v) is 14.2. The van der Waals surface area contributed by atoms with E-state index in [4.69, 9.17) is 4.74 Å². The van der Waals surface area contributed by atoms with E-state index >= 15 is 0 Å². The van der Waals surface area contributed by atoms with E-state index in [0.29, 0.717) is 17.8 Å². The molecule has 0 spiro atoms. The Morgan fingerprint density at radius 1 is 1.26 bits per heavy atom. The number of rotatable bonds is 4. The lowest BCUT2D eigenvalue weighted by atomic mass is 9.71. The molecule has 1 aromatic heterocycles. The zero-order valence-corrected chi connectivity index (χ0v) is 23.7. The van der Waals surface area contributed by atoms with Gasteiger partial charge >= 0.3 is 5.97 Å². The van der Waals surface area contributed by atoms with E-state index in [9.17, 15) is 24.9 Å². The number of aromatic nitrogens is 1. The van der Waals surface area contributed by atoms with Crippen molar-refractivity contribution in [3.8, 4) is 0 Å². The summed E-state index contributed by atoms with van der Waals surface area (Å²) < 4.78 is 6.82. The van der Waals surface area contributed by atoms with Crippen LogP contribution in [-0.2, 0) is 20.9 Å². The van der Waals surface area contributed by atoms with Gasteiger partial charge in [-0.2, -0.15) is 0 Å². The van der Waals surface area contributed by atoms with Crippen LogP contribution in [0.1, 0.15) is 82.9 Å². The molecule has 5 atom stereocenters. The standard InChI is InChI=1S/C30H41NO6S/c1-6-8-21-28(35)19(3)10-7-9-18(2)11-13-23(37-27(34)16-25(33)30(4,5)29(21)36)20-12-14-24-22(15-20)31-26(17-32)38-24/h6,11-12,14-15,19,21,23,25,28,32-33,35H,1,7-10,13,16-17H2,2-5H3/b18-11-/t19-,21+,23-,25-,28-/m0/s1. The maximum absolute atomic E-state index is 13.6. The van der Waals surface area contributed by atoms with E-state index in [1.807, 2.05) is 32.0 Å². The van der Waals surface area contributed by atoms with Crippen LogP contribution in [0.5, 0.6) is 0 Å². The Hall–Kier alpha value is -2.39. The number of aliphatic hydroxyl groups is 3. The normalized spacial score (nSPS) is 29.4. The highest BCUT2D eigenvalue weighted by atomic mass is 32.1. The maximum Gasteiger partial charge on any atom is 0.309 e. The Balaban J connectivity index is 1.93. The molecule has 208 valence electrons. The first kappa shape index (κ1) is 30.2. The van der Waals surface area contributed by atoms with Crippen LogP contribution in [0.25, 0.3) is 10.2 Å². The van der Waals surface area contributed by atoms with E-state index in [2.05, 4.69) is 17.6 Å². The van der Waals surface area contributed by atoms with Crippen LogP contribution < -0.4 is 0 Å². The van der Waals surface area contributed by atoms with Gasteiger partial charge in [0.2, 0.25) is 0 Å². The highest BCUT2D eigenvalue weighted by Crippen LogP contribution is 2.35. The molecule has 38 heavy (non-hydrogen) atoms. The van der Waals surface area contributed by atoms with Crippen LogP contribution >= 0.6 is 11.3 Å². The fraction of sp³-hybridized carbons (Fsp3) is 0.567. The molecule has 2 heterocycles. The maximum atomic E-state index is 13.6. The Labute approximate surface area is 229 Å². The van der Waals surface area contributed by atoms with E-state index in [0.717, 1.165) is 40.6 Å². The number of ketones is 1. The Morgan fingerprint density at radius 3 is 2.68 bits per heavy atom. The van der Waals surface area contributed by atoms with Crippen LogP contribution in [0.4, 0.5) is 0 Å². The summed E-state index contributed by atoms with van der Waals surface area (Å²) >= 11 is 1.41. The van der Waals surface area contributed by atoms with Crippen molar-refractivity contribution in [1.82, 2.24) is 4.98 Å². The number of nitrogens with zero attached hydrogens (tertiary/aromatic N) is 1. The third-order valence-electron chi connectivity index (χ3n) is 7.73. The van der Waals surface area contributed by atoms with E-state index in [1.165, 1.54) is 11.3 Å². The number of fused-ring (bicyclic) bond motifs is 1. The minimum atomic E-state index is -1.28. The second-order valence-electron chi connectivity index (χ2n) is 11.1. The molecule has 0 radical (unpaired) electrons. The van der Waals surface area contributed by atoms with E-state index < -0.39 is 35.6 Å². The predicted molar refractivity (Wildman–Crippen MR) is 149 cm³/mol. The Kier molecular flexibility index (Phi) is 10.4. The summed E-state index contributed by atoms with van der Waals surface area (Å²) in [6, 6.07) is 5.68. The molecule has 1 aliphatic rings. The summed E-state index contributed by atoms with van der Waals surface area (Å²) in [7, 11) is 0. The van der Waals surface area contributed by atoms with Crippen LogP contribution in [0, 0.1) is 17.3 Å². The van der Waals surface area contributed by atoms with Crippen LogP contribution in [0.3, 0.4) is 0 Å². The first-order chi connectivity index (χ1) is 18.0. The molecule has 0 saturated heterocycles. The van der Waals surface area contributed by atoms with Gasteiger partial charge in [-0.3, -0.25) is 9.59 Å². The molecular formula is C30H41NO6S. The van der Waals surface area contributed by atoms with Gasteiger partial charge in [-0.25, -0.2) is 4.98 Å². The van der Waals surface area contributed by atoms with Gasteiger partial charge in [0, 0.05) is 12.3 Å². The van der Waals surface area contributed by atoms with Crippen LogP contribution in [0.15, 0.2) is 42.5 Å². The molecule has 1 aromatic carbocycles. The van der Waals surface area contributed by atoms with E-state index in [1.54, 1.807) is 19.9 Å². The SMILES string of the molecule is C=CC[C@H]1C(=O)C(C)(C)[C@@H](O)CC(=O)O[C@H](c2ccc3sc(CO)nc3c2)C/C=C(/C)CCC[C@H](C)[C@@H]1O. The molecule has 3 N–H and O–H groups in total. The van der Waals surface area contributed by atoms with Crippen molar-refractivity contribution in [2.75, 3.05) is 0 Å². The monoisotopic (exact) mass is 543 g/mol. The highest BCUT2D eigenvalue weighted by Gasteiger charge is 2.43. The number of thiazole rings is 1. The number of allylic oxidation sites excluding steroid dienone is 2. The van der Waals surface area contributed by atoms with Gasteiger partial charge in [-0.1, -0.05) is 44.6 Å². The van der Waals surface area contributed by atoms with Gasteiger partial charge in [0.1, 0.15) is 16.9 Å². The molecular weight excluding hydrogens is 502 g/mol. The molecule has 8 heteroatoms. The lowest BCUT2D eigenvalue weighted by molar-refractivity contribution is -0.156. The van der Waals surface area contributed by atoms with E-state index in [-0.39, 0.29) is 24.7 Å². The van der Waals surface area contributed by atoms with Gasteiger partial charge in [-0.15, -0.1) is 17.9 Å². The van der Waals surface area contributed by atoms with Crippen molar-refractivity contribution < 1.29 is 29.6 Å². The van der Waals surface area contributed by atoms with Gasteiger partial charge in [-0.05, 0) is 56.2 Å². The number of Topliss-reactive ketones (excluding diaryl/α,β-unsaturated/α-hetero) is 1. The number of carbonyl (C=O) groups excluding carboxylic acids is 2. The van der Waals surface area contributed by atoms with Crippen molar-refractivity contribution >= 4 is 33.3 Å². The quantitative estimate of drug-likeness (QED) is 0.348. The van der Waals surface area contributed by atoms with Gasteiger partial charge in [0.05, 0.1) is 40.9 Å². The smallest absolute Gasteiger partial charge is 0.309 e. The largest absolute Gasteiger partial charge is 0.457 e. The van der Waals surface area contributed by atoms with Crippen molar-refractivity contribution in [2.45, 2.75) is 91.1 Å². The molecule has 3 rings (SSSR count). The number of carbonyl (C=O) groups is 2. The lowest BCUT2D eigenvalue weighted by Crippen LogP contribution is -2.46. The summed E-state index contributed by atoms with van der Waals surface area (Å²) in [4.78, 5) is 31.1. The molecule has 0 fully saturated rings. The summed E-state index contributed by atoms with van der Waals surface area (Å²) in [6.45, 7) is 10.8.